The Kier molecular flexibility index (Phi) is 1.42. The lowest BCUT2D eigenvalue weighted by atomic mass is 10.1. The topological polar surface area (TPSA) is 41.1 Å². The van der Waals surface area contributed by atoms with E-state index in [-0.39, 0.29) is 11.8 Å². The average Bonchev–Trinajstić information content (AvgIpc) is 2.40. The van der Waals surface area contributed by atoms with E-state index in [1.165, 1.54) is 0 Å². The van der Waals surface area contributed by atoms with Crippen molar-refractivity contribution in [3.8, 4) is 0 Å². The number of amides is 1. The van der Waals surface area contributed by atoms with Crippen LogP contribution in [-0.2, 0) is 4.79 Å². The van der Waals surface area contributed by atoms with Gasteiger partial charge in [-0.25, -0.2) is 0 Å². The van der Waals surface area contributed by atoms with Gasteiger partial charge in [0.05, 0.1) is 5.92 Å². The number of carbonyl (C=O) groups excluding carboxylic acids is 1. The van der Waals surface area contributed by atoms with Crippen molar-refractivity contribution in [3.63, 3.8) is 0 Å². The quantitative estimate of drug-likeness (QED) is 0.515. The highest BCUT2D eigenvalue weighted by Crippen LogP contribution is 2.20. The summed E-state index contributed by atoms with van der Waals surface area (Å²) in [6, 6.07) is 0. The van der Waals surface area contributed by atoms with Crippen LogP contribution in [0, 0.1) is 5.92 Å². The maximum Gasteiger partial charge on any atom is 0.233 e. The fraction of sp³-hybridized carbons (Fsp3) is 0.375. The molecular weight excluding hydrogens is 140 g/mol. The van der Waals surface area contributed by atoms with Crippen LogP contribution in [0.15, 0.2) is 24.0 Å². The van der Waals surface area contributed by atoms with Crippen LogP contribution in [0.2, 0.25) is 0 Å². The number of nitrogens with one attached hydrogen (secondary N) is 2. The molecule has 0 aromatic heterocycles. The highest BCUT2D eigenvalue weighted by Gasteiger charge is 2.27. The highest BCUT2D eigenvalue weighted by molar-refractivity contribution is 5.83. The standard InChI is InChI=1S/C8H10N2O/c11-8-6-3-5-9-7(6)2-1-4-10-8/h1-2,4,6,9H,3,5H2,(H,10,11). The van der Waals surface area contributed by atoms with Crippen molar-refractivity contribution in [3.05, 3.63) is 24.0 Å². The molecule has 1 amide bonds. The molecule has 0 spiro atoms. The maximum atomic E-state index is 11.3. The molecule has 0 bridgehead atoms. The summed E-state index contributed by atoms with van der Waals surface area (Å²) in [4.78, 5) is 11.3. The number of carbonyl (C=O) groups is 1. The van der Waals surface area contributed by atoms with Crippen molar-refractivity contribution in [1.29, 1.82) is 0 Å². The summed E-state index contributed by atoms with van der Waals surface area (Å²) in [6.07, 6.45) is 6.40. The lowest BCUT2D eigenvalue weighted by molar-refractivity contribution is -0.122. The molecule has 2 rings (SSSR count). The van der Waals surface area contributed by atoms with E-state index in [4.69, 9.17) is 0 Å². The van der Waals surface area contributed by atoms with Gasteiger partial charge in [0, 0.05) is 18.4 Å². The van der Waals surface area contributed by atoms with Crippen molar-refractivity contribution < 1.29 is 4.79 Å². The fourth-order valence-electron chi connectivity index (χ4n) is 1.47. The van der Waals surface area contributed by atoms with Crippen LogP contribution in [0.4, 0.5) is 0 Å². The van der Waals surface area contributed by atoms with Crippen LogP contribution in [0.1, 0.15) is 6.42 Å². The lowest BCUT2D eigenvalue weighted by Crippen LogP contribution is -2.25. The summed E-state index contributed by atoms with van der Waals surface area (Å²) < 4.78 is 0. The molecular formula is C8H10N2O. The minimum Gasteiger partial charge on any atom is -0.388 e. The third kappa shape index (κ3) is 1.02. The third-order valence-corrected chi connectivity index (χ3v) is 2.05. The van der Waals surface area contributed by atoms with Crippen LogP contribution in [0.25, 0.3) is 0 Å². The van der Waals surface area contributed by atoms with E-state index in [2.05, 4.69) is 10.6 Å². The molecule has 0 saturated carbocycles. The van der Waals surface area contributed by atoms with E-state index in [0.29, 0.717) is 0 Å². The Morgan fingerprint density at radius 3 is 3.36 bits per heavy atom. The van der Waals surface area contributed by atoms with Gasteiger partial charge in [0.25, 0.3) is 0 Å². The first-order chi connectivity index (χ1) is 5.38. The lowest BCUT2D eigenvalue weighted by Gasteiger charge is -2.06. The Morgan fingerprint density at radius 1 is 1.55 bits per heavy atom. The summed E-state index contributed by atoms with van der Waals surface area (Å²) >= 11 is 0. The van der Waals surface area contributed by atoms with Gasteiger partial charge in [-0.2, -0.15) is 0 Å². The summed E-state index contributed by atoms with van der Waals surface area (Å²) in [7, 11) is 0. The average molecular weight is 150 g/mol. The first kappa shape index (κ1) is 6.46. The van der Waals surface area contributed by atoms with E-state index in [1.807, 2.05) is 12.2 Å². The van der Waals surface area contributed by atoms with Gasteiger partial charge in [-0.05, 0) is 18.6 Å². The number of hydrogen-bond acceptors (Lipinski definition) is 2. The van der Waals surface area contributed by atoms with Crippen molar-refractivity contribution in [2.75, 3.05) is 6.54 Å². The largest absolute Gasteiger partial charge is 0.388 e. The Labute approximate surface area is 65.2 Å². The molecule has 2 aliphatic rings. The molecule has 11 heavy (non-hydrogen) atoms. The predicted octanol–water partition coefficient (Wildman–Crippen LogP) is 0.123. The van der Waals surface area contributed by atoms with Gasteiger partial charge in [-0.1, -0.05) is 0 Å². The first-order valence-electron chi connectivity index (χ1n) is 3.79. The summed E-state index contributed by atoms with van der Waals surface area (Å²) in [5.74, 6) is 0.167. The zero-order valence-electron chi connectivity index (χ0n) is 6.13. The third-order valence-electron chi connectivity index (χ3n) is 2.05. The number of rotatable bonds is 0. The highest BCUT2D eigenvalue weighted by atomic mass is 16.1. The molecule has 3 heteroatoms. The molecule has 2 N–H and O–H groups in total. The van der Waals surface area contributed by atoms with Crippen LogP contribution in [0.3, 0.4) is 0 Å². The van der Waals surface area contributed by atoms with Crippen LogP contribution < -0.4 is 10.6 Å². The number of allylic oxidation sites excluding steroid dienone is 2. The predicted molar refractivity (Wildman–Crippen MR) is 41.5 cm³/mol. The maximum absolute atomic E-state index is 11.3. The first-order valence-corrected chi connectivity index (χ1v) is 3.79. The Bertz CT molecular complexity index is 242. The van der Waals surface area contributed by atoms with Crippen molar-refractivity contribution in [2.24, 2.45) is 5.92 Å². The fourth-order valence-corrected chi connectivity index (χ4v) is 1.47. The van der Waals surface area contributed by atoms with Gasteiger partial charge in [0.2, 0.25) is 5.91 Å². The van der Waals surface area contributed by atoms with Gasteiger partial charge in [-0.3, -0.25) is 4.79 Å². The second-order valence-corrected chi connectivity index (χ2v) is 2.76. The molecule has 3 nitrogen and oxygen atoms in total. The van der Waals surface area contributed by atoms with Crippen LogP contribution in [0.5, 0.6) is 0 Å². The molecule has 0 radical (unpaired) electrons. The molecule has 1 atom stereocenters. The Hall–Kier alpha value is -1.25. The summed E-state index contributed by atoms with van der Waals surface area (Å²) in [5.41, 5.74) is 1.05. The van der Waals surface area contributed by atoms with Gasteiger partial charge in [-0.15, -0.1) is 0 Å². The van der Waals surface area contributed by atoms with E-state index in [9.17, 15) is 4.79 Å². The SMILES string of the molecule is O=C1NC=CC=C2NCCC12. The molecule has 1 fully saturated rings. The molecule has 1 unspecified atom stereocenters. The van der Waals surface area contributed by atoms with Crippen molar-refractivity contribution >= 4 is 5.91 Å². The zero-order valence-corrected chi connectivity index (χ0v) is 6.13. The van der Waals surface area contributed by atoms with Crippen LogP contribution in [-0.4, -0.2) is 12.5 Å². The number of hydrogen-bond donors (Lipinski definition) is 2. The summed E-state index contributed by atoms with van der Waals surface area (Å²) in [5, 5.41) is 5.88. The molecule has 0 aromatic carbocycles. The minimum atomic E-state index is 0.0602. The second kappa shape index (κ2) is 2.42. The van der Waals surface area contributed by atoms with Crippen LogP contribution >= 0.6 is 0 Å². The summed E-state index contributed by atoms with van der Waals surface area (Å²) in [6.45, 7) is 0.914. The zero-order chi connectivity index (χ0) is 7.68. The molecule has 58 valence electrons. The normalized spacial score (nSPS) is 28.2. The Morgan fingerprint density at radius 2 is 2.45 bits per heavy atom. The van der Waals surface area contributed by atoms with Gasteiger partial charge < -0.3 is 10.6 Å². The molecule has 0 aliphatic carbocycles. The molecule has 1 saturated heterocycles. The Balaban J connectivity index is 2.29. The molecule has 0 aromatic rings. The van der Waals surface area contributed by atoms with E-state index < -0.39 is 0 Å². The second-order valence-electron chi connectivity index (χ2n) is 2.76. The van der Waals surface area contributed by atoms with E-state index in [0.717, 1.165) is 18.7 Å². The van der Waals surface area contributed by atoms with Crippen molar-refractivity contribution in [2.45, 2.75) is 6.42 Å². The van der Waals surface area contributed by atoms with Gasteiger partial charge in [0.1, 0.15) is 0 Å². The van der Waals surface area contributed by atoms with E-state index >= 15 is 0 Å². The molecule has 2 aliphatic heterocycles. The minimum absolute atomic E-state index is 0.0602. The van der Waals surface area contributed by atoms with E-state index in [1.54, 1.807) is 6.20 Å². The monoisotopic (exact) mass is 150 g/mol. The van der Waals surface area contributed by atoms with Gasteiger partial charge in [0.15, 0.2) is 0 Å². The molecule has 2 heterocycles. The smallest absolute Gasteiger partial charge is 0.233 e. The number of fused-ring (bicyclic) bond motifs is 1. The van der Waals surface area contributed by atoms with Crippen molar-refractivity contribution in [1.82, 2.24) is 10.6 Å². The van der Waals surface area contributed by atoms with Gasteiger partial charge >= 0.3 is 0 Å².